The molecule has 0 saturated carbocycles. The number of amides is 2. The molecule has 0 aromatic heterocycles. The van der Waals surface area contributed by atoms with Crippen molar-refractivity contribution in [3.05, 3.63) is 84.4 Å². The number of rotatable bonds is 13. The van der Waals surface area contributed by atoms with E-state index in [0.717, 1.165) is 23.5 Å². The van der Waals surface area contributed by atoms with Crippen molar-refractivity contribution >= 4 is 28.9 Å². The molecule has 0 saturated heterocycles. The normalized spacial score (nSPS) is 10.5. The van der Waals surface area contributed by atoms with Gasteiger partial charge in [-0.05, 0) is 61.9 Å². The van der Waals surface area contributed by atoms with Gasteiger partial charge in [0.15, 0.2) is 0 Å². The van der Waals surface area contributed by atoms with Crippen LogP contribution in [0.25, 0.3) is 0 Å². The summed E-state index contributed by atoms with van der Waals surface area (Å²) >= 11 is 0. The van der Waals surface area contributed by atoms with Crippen LogP contribution in [0.4, 0.5) is 17.1 Å². The first-order valence-corrected chi connectivity index (χ1v) is 12.3. The number of benzene rings is 3. The molecule has 0 unspecified atom stereocenters. The van der Waals surface area contributed by atoms with Crippen LogP contribution in [0.5, 0.6) is 5.75 Å². The van der Waals surface area contributed by atoms with E-state index in [4.69, 9.17) is 4.74 Å². The molecule has 0 atom stereocenters. The van der Waals surface area contributed by atoms with E-state index in [1.165, 1.54) is 19.3 Å². The predicted molar refractivity (Wildman–Crippen MR) is 143 cm³/mol. The van der Waals surface area contributed by atoms with Crippen LogP contribution in [-0.4, -0.2) is 31.5 Å². The molecule has 0 fully saturated rings. The lowest BCUT2D eigenvalue weighted by Crippen LogP contribution is -2.30. The highest BCUT2D eigenvalue weighted by molar-refractivity contribution is 6.06. The van der Waals surface area contributed by atoms with Gasteiger partial charge in [-0.3, -0.25) is 9.59 Å². The Hall–Kier alpha value is -3.80. The molecule has 3 aromatic carbocycles. The van der Waals surface area contributed by atoms with Crippen LogP contribution >= 0.6 is 0 Å². The van der Waals surface area contributed by atoms with Gasteiger partial charge in [0.1, 0.15) is 5.75 Å². The average Bonchev–Trinajstić information content (AvgIpc) is 2.89. The Bertz CT molecular complexity index is 1070. The lowest BCUT2D eigenvalue weighted by molar-refractivity contribution is -0.114. The van der Waals surface area contributed by atoms with Gasteiger partial charge in [-0.1, -0.05) is 50.5 Å². The number of para-hydroxylation sites is 1. The van der Waals surface area contributed by atoms with E-state index >= 15 is 0 Å². The van der Waals surface area contributed by atoms with Crippen molar-refractivity contribution in [1.29, 1.82) is 0 Å². The fraction of sp³-hybridized carbons (Fsp3) is 0.310. The van der Waals surface area contributed by atoms with E-state index in [-0.39, 0.29) is 18.4 Å². The molecule has 184 valence electrons. The van der Waals surface area contributed by atoms with Gasteiger partial charge in [-0.25, -0.2) is 0 Å². The molecule has 3 aromatic rings. The molecule has 2 amide bonds. The monoisotopic (exact) mass is 473 g/mol. The van der Waals surface area contributed by atoms with Crippen molar-refractivity contribution in [2.75, 3.05) is 35.2 Å². The summed E-state index contributed by atoms with van der Waals surface area (Å²) < 4.78 is 5.81. The van der Waals surface area contributed by atoms with E-state index in [2.05, 4.69) is 17.6 Å². The molecular weight excluding hydrogens is 438 g/mol. The van der Waals surface area contributed by atoms with Crippen LogP contribution in [0, 0.1) is 0 Å². The summed E-state index contributed by atoms with van der Waals surface area (Å²) in [5.74, 6) is 0.545. The van der Waals surface area contributed by atoms with Gasteiger partial charge in [-0.15, -0.1) is 0 Å². The summed E-state index contributed by atoms with van der Waals surface area (Å²) in [6.45, 7) is 5.53. The van der Waals surface area contributed by atoms with Crippen molar-refractivity contribution in [3.63, 3.8) is 0 Å². The molecular formula is C29H35N3O3. The average molecular weight is 474 g/mol. The lowest BCUT2D eigenvalue weighted by Gasteiger charge is -2.21. The molecule has 0 spiro atoms. The fourth-order valence-corrected chi connectivity index (χ4v) is 3.71. The van der Waals surface area contributed by atoms with Crippen LogP contribution < -0.4 is 20.3 Å². The van der Waals surface area contributed by atoms with Crippen molar-refractivity contribution < 1.29 is 14.3 Å². The molecule has 3 rings (SSSR count). The van der Waals surface area contributed by atoms with Crippen molar-refractivity contribution in [3.8, 4) is 5.75 Å². The van der Waals surface area contributed by atoms with E-state index < -0.39 is 0 Å². The number of nitrogens with zero attached hydrogens (tertiary/aromatic N) is 1. The minimum atomic E-state index is -0.172. The number of anilines is 3. The summed E-state index contributed by atoms with van der Waals surface area (Å²) in [7, 11) is 0. The second kappa shape index (κ2) is 13.8. The Morgan fingerprint density at radius 1 is 0.829 bits per heavy atom. The second-order valence-corrected chi connectivity index (χ2v) is 8.30. The van der Waals surface area contributed by atoms with Crippen molar-refractivity contribution in [1.82, 2.24) is 0 Å². The van der Waals surface area contributed by atoms with Crippen molar-refractivity contribution in [2.24, 2.45) is 0 Å². The standard InChI is InChI=1S/C29H35N3O3/c1-3-5-6-10-20-35-27-15-11-12-25(21-27)30-22-28(33)31-24-18-16-23(17-19-24)29(34)32(4-2)26-13-8-7-9-14-26/h7-9,11-19,21,30H,3-6,10,20,22H2,1-2H3,(H,31,33). The number of carbonyl (C=O) groups is 2. The predicted octanol–water partition coefficient (Wildman–Crippen LogP) is 6.36. The number of nitrogens with one attached hydrogen (secondary N) is 2. The largest absolute Gasteiger partial charge is 0.494 e. The third-order valence-electron chi connectivity index (χ3n) is 5.60. The van der Waals surface area contributed by atoms with Gasteiger partial charge in [0.2, 0.25) is 5.91 Å². The molecule has 6 heteroatoms. The molecule has 2 N–H and O–H groups in total. The highest BCUT2D eigenvalue weighted by Gasteiger charge is 2.16. The third-order valence-corrected chi connectivity index (χ3v) is 5.60. The minimum Gasteiger partial charge on any atom is -0.494 e. The Labute approximate surface area is 208 Å². The summed E-state index contributed by atoms with van der Waals surface area (Å²) in [6, 6.07) is 24.2. The lowest BCUT2D eigenvalue weighted by atomic mass is 10.1. The highest BCUT2D eigenvalue weighted by Crippen LogP contribution is 2.19. The summed E-state index contributed by atoms with van der Waals surface area (Å²) in [5, 5.41) is 6.00. The fourth-order valence-electron chi connectivity index (χ4n) is 3.71. The zero-order valence-corrected chi connectivity index (χ0v) is 20.6. The Kier molecular flexibility index (Phi) is 10.2. The first kappa shape index (κ1) is 25.8. The quantitative estimate of drug-likeness (QED) is 0.283. The maximum absolute atomic E-state index is 12.9. The molecule has 0 radical (unpaired) electrons. The summed E-state index contributed by atoms with van der Waals surface area (Å²) in [5.41, 5.74) is 2.89. The molecule has 0 aliphatic heterocycles. The minimum absolute atomic E-state index is 0.0780. The van der Waals surface area contributed by atoms with Gasteiger partial charge in [0, 0.05) is 35.2 Å². The zero-order chi connectivity index (χ0) is 24.9. The van der Waals surface area contributed by atoms with E-state index in [0.29, 0.717) is 24.4 Å². The van der Waals surface area contributed by atoms with E-state index in [9.17, 15) is 9.59 Å². The van der Waals surface area contributed by atoms with Gasteiger partial charge in [-0.2, -0.15) is 0 Å². The summed E-state index contributed by atoms with van der Waals surface area (Å²) in [4.78, 5) is 27.1. The maximum atomic E-state index is 12.9. The zero-order valence-electron chi connectivity index (χ0n) is 20.6. The molecule has 6 nitrogen and oxygen atoms in total. The first-order valence-electron chi connectivity index (χ1n) is 12.3. The number of hydrogen-bond donors (Lipinski definition) is 2. The topological polar surface area (TPSA) is 70.7 Å². The molecule has 35 heavy (non-hydrogen) atoms. The Morgan fingerprint density at radius 2 is 1.60 bits per heavy atom. The molecule has 0 aliphatic rings. The maximum Gasteiger partial charge on any atom is 0.258 e. The molecule has 0 bridgehead atoms. The van der Waals surface area contributed by atoms with Crippen molar-refractivity contribution in [2.45, 2.75) is 39.5 Å². The molecule has 0 heterocycles. The molecule has 0 aliphatic carbocycles. The van der Waals surface area contributed by atoms with Gasteiger partial charge in [0.25, 0.3) is 5.91 Å². The number of carbonyl (C=O) groups excluding carboxylic acids is 2. The number of unbranched alkanes of at least 4 members (excludes halogenated alkanes) is 3. The highest BCUT2D eigenvalue weighted by atomic mass is 16.5. The number of hydrogen-bond acceptors (Lipinski definition) is 4. The van der Waals surface area contributed by atoms with Gasteiger partial charge >= 0.3 is 0 Å². The Balaban J connectivity index is 1.48. The van der Waals surface area contributed by atoms with Crippen LogP contribution in [-0.2, 0) is 4.79 Å². The third kappa shape index (κ3) is 8.18. The summed E-state index contributed by atoms with van der Waals surface area (Å²) in [6.07, 6.45) is 4.65. The van der Waals surface area contributed by atoms with E-state index in [1.54, 1.807) is 29.2 Å². The van der Waals surface area contributed by atoms with E-state index in [1.807, 2.05) is 61.5 Å². The van der Waals surface area contributed by atoms with Gasteiger partial charge < -0.3 is 20.3 Å². The van der Waals surface area contributed by atoms with Crippen LogP contribution in [0.1, 0.15) is 49.9 Å². The Morgan fingerprint density at radius 3 is 2.31 bits per heavy atom. The number of ether oxygens (including phenoxy) is 1. The van der Waals surface area contributed by atoms with Crippen LogP contribution in [0.15, 0.2) is 78.9 Å². The smallest absolute Gasteiger partial charge is 0.258 e. The second-order valence-electron chi connectivity index (χ2n) is 8.30. The van der Waals surface area contributed by atoms with Crippen LogP contribution in [0.3, 0.4) is 0 Å². The first-order chi connectivity index (χ1) is 17.1. The SMILES string of the molecule is CCCCCCOc1cccc(NCC(=O)Nc2ccc(C(=O)N(CC)c3ccccc3)cc2)c1. The van der Waals surface area contributed by atoms with Gasteiger partial charge in [0.05, 0.1) is 13.2 Å². The van der Waals surface area contributed by atoms with Crippen LogP contribution in [0.2, 0.25) is 0 Å².